The fourth-order valence-corrected chi connectivity index (χ4v) is 11.5. The van der Waals surface area contributed by atoms with E-state index < -0.39 is 44.9 Å². The summed E-state index contributed by atoms with van der Waals surface area (Å²) >= 11 is 0. The SMILES string of the molecule is CCCN(CCC)S(=O)(=O)C(S(=O)(=O)CCCN(C)c1ccc(C)cc1)S(=O)(=O)C(F)(F)F. The molecule has 0 radical (unpaired) electrons. The molecule has 8 nitrogen and oxygen atoms in total. The molecule has 0 N–H and O–H groups in total. The van der Waals surface area contributed by atoms with Gasteiger partial charge in [-0.1, -0.05) is 31.5 Å². The van der Waals surface area contributed by atoms with Gasteiger partial charge in [-0.05, 0) is 38.3 Å². The second kappa shape index (κ2) is 11.4. The Hall–Kier alpha value is -1.38. The van der Waals surface area contributed by atoms with Gasteiger partial charge in [0.1, 0.15) is 0 Å². The van der Waals surface area contributed by atoms with Crippen molar-refractivity contribution in [1.29, 1.82) is 0 Å². The van der Waals surface area contributed by atoms with Crippen LogP contribution in [0.1, 0.15) is 38.7 Å². The monoisotopic (exact) mass is 536 g/mol. The Labute approximate surface area is 194 Å². The molecule has 33 heavy (non-hydrogen) atoms. The second-order valence-corrected chi connectivity index (χ2v) is 14.8. The number of sulfonamides is 1. The molecule has 0 heterocycles. The van der Waals surface area contributed by atoms with Gasteiger partial charge in [-0.2, -0.15) is 17.5 Å². The molecular weight excluding hydrogens is 505 g/mol. The Balaban J connectivity index is 3.30. The number of sulfone groups is 2. The van der Waals surface area contributed by atoms with E-state index in [0.717, 1.165) is 5.56 Å². The van der Waals surface area contributed by atoms with Gasteiger partial charge in [-0.15, -0.1) is 0 Å². The molecule has 0 aliphatic heterocycles. The quantitative estimate of drug-likeness (QED) is 0.381. The van der Waals surface area contributed by atoms with E-state index in [4.69, 9.17) is 0 Å². The van der Waals surface area contributed by atoms with E-state index in [-0.39, 0.29) is 38.9 Å². The molecule has 1 atom stereocenters. The summed E-state index contributed by atoms with van der Waals surface area (Å²) in [5.74, 6) is -1.05. The molecule has 1 unspecified atom stereocenters. The molecule has 0 fully saturated rings. The molecule has 14 heteroatoms. The Bertz CT molecular complexity index is 1080. The zero-order valence-corrected chi connectivity index (χ0v) is 21.5. The third-order valence-electron chi connectivity index (χ3n) is 4.82. The van der Waals surface area contributed by atoms with Crippen molar-refractivity contribution in [3.05, 3.63) is 29.8 Å². The average Bonchev–Trinajstić information content (AvgIpc) is 2.66. The van der Waals surface area contributed by atoms with Crippen molar-refractivity contribution < 1.29 is 38.4 Å². The number of aryl methyl sites for hydroxylation is 1. The van der Waals surface area contributed by atoms with Gasteiger partial charge in [0.2, 0.25) is 10.0 Å². The van der Waals surface area contributed by atoms with Crippen LogP contribution in [0.25, 0.3) is 0 Å². The molecule has 0 saturated carbocycles. The van der Waals surface area contributed by atoms with E-state index in [0.29, 0.717) is 9.99 Å². The van der Waals surface area contributed by atoms with Crippen molar-refractivity contribution in [2.45, 2.75) is 49.5 Å². The lowest BCUT2D eigenvalue weighted by Gasteiger charge is -2.27. The van der Waals surface area contributed by atoms with Gasteiger partial charge in [0.05, 0.1) is 5.75 Å². The number of hydrogen-bond acceptors (Lipinski definition) is 7. The lowest BCUT2D eigenvalue weighted by molar-refractivity contribution is -0.0434. The first-order chi connectivity index (χ1) is 15.0. The predicted octanol–water partition coefficient (Wildman–Crippen LogP) is 2.91. The van der Waals surface area contributed by atoms with E-state index in [1.54, 1.807) is 37.9 Å². The van der Waals surface area contributed by atoms with E-state index >= 15 is 0 Å². The van der Waals surface area contributed by atoms with Crippen LogP contribution in [0.5, 0.6) is 0 Å². The van der Waals surface area contributed by atoms with Crippen LogP contribution in [-0.2, 0) is 29.7 Å². The van der Waals surface area contributed by atoms with Crippen molar-refractivity contribution >= 4 is 35.4 Å². The maximum Gasteiger partial charge on any atom is 0.499 e. The maximum atomic E-state index is 13.3. The van der Waals surface area contributed by atoms with Gasteiger partial charge in [0.15, 0.2) is 9.84 Å². The van der Waals surface area contributed by atoms with Gasteiger partial charge in [0.25, 0.3) is 13.8 Å². The standard InChI is InChI=1S/C19H31F3N2O6S3/c1-5-12-24(13-6-2)33(29,30)18(32(27,28)19(20,21)22)31(25,26)15-7-14-23(4)17-10-8-16(3)9-11-17/h8-11,18H,5-7,12-15H2,1-4H3. The van der Waals surface area contributed by atoms with Crippen molar-refractivity contribution in [2.75, 3.05) is 37.3 Å². The Morgan fingerprint density at radius 3 is 1.79 bits per heavy atom. The summed E-state index contributed by atoms with van der Waals surface area (Å²) in [6, 6.07) is 7.16. The Kier molecular flexibility index (Phi) is 10.2. The van der Waals surface area contributed by atoms with Crippen LogP contribution in [0.15, 0.2) is 24.3 Å². The van der Waals surface area contributed by atoms with Crippen molar-refractivity contribution in [3.8, 4) is 0 Å². The number of halogens is 3. The van der Waals surface area contributed by atoms with Crippen LogP contribution < -0.4 is 4.90 Å². The summed E-state index contributed by atoms with van der Waals surface area (Å²) < 4.78 is 113. The summed E-state index contributed by atoms with van der Waals surface area (Å²) in [5, 5.41) is 0. The number of alkyl halides is 3. The predicted molar refractivity (Wildman–Crippen MR) is 123 cm³/mol. The summed E-state index contributed by atoms with van der Waals surface area (Å²) in [5.41, 5.74) is -4.35. The van der Waals surface area contributed by atoms with Gasteiger partial charge >= 0.3 is 5.51 Å². The molecule has 0 spiro atoms. The fraction of sp³-hybridized carbons (Fsp3) is 0.684. The average molecular weight is 537 g/mol. The van der Waals surface area contributed by atoms with Crippen LogP contribution in [0, 0.1) is 6.92 Å². The van der Waals surface area contributed by atoms with Gasteiger partial charge in [-0.25, -0.2) is 25.3 Å². The van der Waals surface area contributed by atoms with E-state index in [1.165, 1.54) is 0 Å². The zero-order chi connectivity index (χ0) is 25.7. The first-order valence-corrected chi connectivity index (χ1v) is 15.1. The van der Waals surface area contributed by atoms with Gasteiger partial charge in [0, 0.05) is 32.4 Å². The third-order valence-corrected chi connectivity index (χ3v) is 13.7. The van der Waals surface area contributed by atoms with Crippen LogP contribution in [0.4, 0.5) is 18.9 Å². The minimum absolute atomic E-state index is 0.0504. The maximum absolute atomic E-state index is 13.3. The lowest BCUT2D eigenvalue weighted by atomic mass is 10.2. The normalized spacial score (nSPS) is 14.4. The first-order valence-electron chi connectivity index (χ1n) is 10.3. The molecule has 0 saturated heterocycles. The summed E-state index contributed by atoms with van der Waals surface area (Å²) in [6.45, 7) is 4.41. The largest absolute Gasteiger partial charge is 0.499 e. The van der Waals surface area contributed by atoms with Crippen molar-refractivity contribution in [2.24, 2.45) is 0 Å². The summed E-state index contributed by atoms with van der Waals surface area (Å²) in [6.07, 6.45) is 0.0620. The topological polar surface area (TPSA) is 109 Å². The molecule has 192 valence electrons. The molecule has 1 aromatic carbocycles. The van der Waals surface area contributed by atoms with E-state index in [1.807, 2.05) is 19.1 Å². The van der Waals surface area contributed by atoms with Crippen molar-refractivity contribution in [3.63, 3.8) is 0 Å². The van der Waals surface area contributed by atoms with Crippen LogP contribution in [0.3, 0.4) is 0 Å². The number of anilines is 1. The molecule has 0 bridgehead atoms. The Morgan fingerprint density at radius 1 is 0.879 bits per heavy atom. The minimum Gasteiger partial charge on any atom is -0.375 e. The molecule has 1 aromatic rings. The highest BCUT2D eigenvalue weighted by atomic mass is 32.3. The number of benzene rings is 1. The smallest absolute Gasteiger partial charge is 0.375 e. The number of nitrogens with zero attached hydrogens (tertiary/aromatic N) is 2. The van der Waals surface area contributed by atoms with Crippen LogP contribution in [0.2, 0.25) is 0 Å². The zero-order valence-electron chi connectivity index (χ0n) is 19.0. The fourth-order valence-electron chi connectivity index (χ4n) is 3.16. The van der Waals surface area contributed by atoms with E-state index in [9.17, 15) is 38.4 Å². The molecule has 1 rings (SSSR count). The molecular formula is C19H31F3N2O6S3. The highest BCUT2D eigenvalue weighted by Gasteiger charge is 2.62. The summed E-state index contributed by atoms with van der Waals surface area (Å²) in [7, 11) is -15.6. The minimum atomic E-state index is -6.57. The van der Waals surface area contributed by atoms with Crippen molar-refractivity contribution in [1.82, 2.24) is 4.31 Å². The molecule has 0 aliphatic carbocycles. The lowest BCUT2D eigenvalue weighted by Crippen LogP contribution is -2.51. The molecule has 0 amide bonds. The second-order valence-electron chi connectivity index (χ2n) is 7.70. The highest BCUT2D eigenvalue weighted by Crippen LogP contribution is 2.34. The first kappa shape index (κ1) is 29.7. The highest BCUT2D eigenvalue weighted by molar-refractivity contribution is 8.23. The molecule has 0 aromatic heterocycles. The third kappa shape index (κ3) is 7.30. The van der Waals surface area contributed by atoms with E-state index in [2.05, 4.69) is 0 Å². The summed E-state index contributed by atoms with van der Waals surface area (Å²) in [4.78, 5) is 1.64. The number of hydrogen-bond donors (Lipinski definition) is 0. The van der Waals surface area contributed by atoms with Crippen LogP contribution >= 0.6 is 0 Å². The number of rotatable bonds is 13. The van der Waals surface area contributed by atoms with Gasteiger partial charge in [-0.3, -0.25) is 0 Å². The van der Waals surface area contributed by atoms with Gasteiger partial charge < -0.3 is 4.90 Å². The Morgan fingerprint density at radius 2 is 1.36 bits per heavy atom. The van der Waals surface area contributed by atoms with Crippen LogP contribution in [-0.4, -0.2) is 71.4 Å². The molecule has 0 aliphatic rings.